The first-order chi connectivity index (χ1) is 6.66. The van der Waals surface area contributed by atoms with Crippen LogP contribution in [0, 0.1) is 13.8 Å². The van der Waals surface area contributed by atoms with Crippen LogP contribution in [-0.2, 0) is 0 Å². The van der Waals surface area contributed by atoms with E-state index < -0.39 is 0 Å². The zero-order chi connectivity index (χ0) is 10.1. The Labute approximate surface area is 92.4 Å². The quantitative estimate of drug-likeness (QED) is 0.710. The van der Waals surface area contributed by atoms with Crippen molar-refractivity contribution in [3.05, 3.63) is 39.2 Å². The van der Waals surface area contributed by atoms with E-state index in [1.54, 1.807) is 11.3 Å². The lowest BCUT2D eigenvalue weighted by Gasteiger charge is -2.00. The Morgan fingerprint density at radius 3 is 2.64 bits per heavy atom. The van der Waals surface area contributed by atoms with Crippen molar-refractivity contribution < 1.29 is 0 Å². The van der Waals surface area contributed by atoms with Crippen LogP contribution in [0.3, 0.4) is 0 Å². The van der Waals surface area contributed by atoms with E-state index in [1.165, 1.54) is 0 Å². The lowest BCUT2D eigenvalue weighted by molar-refractivity contribution is 1.29. The standard InChI is InChI=1S/C11H10ClNS/c1-7-3-4-9(5-10(7)12)11-6-14-8(2)13-11/h3-6H,1-2H3. The minimum absolute atomic E-state index is 0.799. The molecule has 72 valence electrons. The highest BCUT2D eigenvalue weighted by Crippen LogP contribution is 2.26. The molecule has 0 fully saturated rings. The largest absolute Gasteiger partial charge is 0.242 e. The Kier molecular flexibility index (Phi) is 2.57. The van der Waals surface area contributed by atoms with Crippen LogP contribution in [0.1, 0.15) is 10.6 Å². The van der Waals surface area contributed by atoms with E-state index in [-0.39, 0.29) is 0 Å². The van der Waals surface area contributed by atoms with Gasteiger partial charge in [0.1, 0.15) is 0 Å². The van der Waals surface area contributed by atoms with Gasteiger partial charge >= 0.3 is 0 Å². The van der Waals surface area contributed by atoms with Crippen molar-refractivity contribution >= 4 is 22.9 Å². The molecule has 0 unspecified atom stereocenters. The van der Waals surface area contributed by atoms with E-state index in [2.05, 4.69) is 16.4 Å². The molecular formula is C11H10ClNS. The molecule has 0 aliphatic rings. The summed E-state index contributed by atoms with van der Waals surface area (Å²) in [4.78, 5) is 4.41. The van der Waals surface area contributed by atoms with Gasteiger partial charge in [0, 0.05) is 16.0 Å². The van der Waals surface area contributed by atoms with E-state index in [0.717, 1.165) is 26.9 Å². The van der Waals surface area contributed by atoms with Crippen LogP contribution in [0.2, 0.25) is 5.02 Å². The first-order valence-electron chi connectivity index (χ1n) is 4.35. The lowest BCUT2D eigenvalue weighted by Crippen LogP contribution is -1.80. The molecule has 2 rings (SSSR count). The number of benzene rings is 1. The maximum atomic E-state index is 6.05. The fourth-order valence-corrected chi connectivity index (χ4v) is 2.05. The molecule has 0 aliphatic heterocycles. The third-order valence-electron chi connectivity index (χ3n) is 2.09. The Hall–Kier alpha value is -0.860. The number of thiazole rings is 1. The van der Waals surface area contributed by atoms with E-state index in [4.69, 9.17) is 11.6 Å². The molecule has 0 N–H and O–H groups in total. The Bertz CT molecular complexity index is 462. The molecule has 1 heterocycles. The van der Waals surface area contributed by atoms with E-state index in [9.17, 15) is 0 Å². The normalized spacial score (nSPS) is 10.5. The number of rotatable bonds is 1. The topological polar surface area (TPSA) is 12.9 Å². The number of aryl methyl sites for hydroxylation is 2. The maximum absolute atomic E-state index is 6.05. The Morgan fingerprint density at radius 2 is 2.07 bits per heavy atom. The molecule has 0 atom stereocenters. The first kappa shape index (κ1) is 9.69. The summed E-state index contributed by atoms with van der Waals surface area (Å²) in [6, 6.07) is 6.04. The molecule has 0 radical (unpaired) electrons. The van der Waals surface area contributed by atoms with Gasteiger partial charge in [-0.25, -0.2) is 4.98 Å². The molecule has 1 aromatic heterocycles. The second kappa shape index (κ2) is 3.71. The lowest BCUT2D eigenvalue weighted by atomic mass is 10.1. The molecule has 3 heteroatoms. The molecule has 14 heavy (non-hydrogen) atoms. The minimum atomic E-state index is 0.799. The average Bonchev–Trinajstić information content (AvgIpc) is 2.57. The Balaban J connectivity index is 2.47. The molecule has 0 aliphatic carbocycles. The molecule has 0 amide bonds. The number of hydrogen-bond donors (Lipinski definition) is 0. The zero-order valence-corrected chi connectivity index (χ0v) is 9.62. The molecule has 1 nitrogen and oxygen atoms in total. The molecule has 0 saturated carbocycles. The summed E-state index contributed by atoms with van der Waals surface area (Å²) in [5.74, 6) is 0. The van der Waals surface area contributed by atoms with Gasteiger partial charge in [0.25, 0.3) is 0 Å². The summed E-state index contributed by atoms with van der Waals surface area (Å²) in [7, 11) is 0. The molecule has 0 spiro atoms. The highest BCUT2D eigenvalue weighted by atomic mass is 35.5. The van der Waals surface area contributed by atoms with Gasteiger partial charge < -0.3 is 0 Å². The van der Waals surface area contributed by atoms with Gasteiger partial charge in [0.15, 0.2) is 0 Å². The monoisotopic (exact) mass is 223 g/mol. The summed E-state index contributed by atoms with van der Waals surface area (Å²) in [5, 5.41) is 3.93. The van der Waals surface area contributed by atoms with Gasteiger partial charge in [-0.3, -0.25) is 0 Å². The van der Waals surface area contributed by atoms with Gasteiger partial charge in [-0.15, -0.1) is 11.3 Å². The number of nitrogens with zero attached hydrogens (tertiary/aromatic N) is 1. The number of aromatic nitrogens is 1. The zero-order valence-electron chi connectivity index (χ0n) is 8.04. The smallest absolute Gasteiger partial charge is 0.0901 e. The van der Waals surface area contributed by atoms with Gasteiger partial charge in [-0.2, -0.15) is 0 Å². The van der Waals surface area contributed by atoms with E-state index in [0.29, 0.717) is 0 Å². The van der Waals surface area contributed by atoms with Crippen molar-refractivity contribution in [3.8, 4) is 11.3 Å². The summed E-state index contributed by atoms with van der Waals surface area (Å²) in [6.07, 6.45) is 0. The molecule has 1 aromatic carbocycles. The number of hydrogen-bond acceptors (Lipinski definition) is 2. The van der Waals surface area contributed by atoms with Crippen LogP contribution >= 0.6 is 22.9 Å². The van der Waals surface area contributed by atoms with Crippen molar-refractivity contribution in [2.24, 2.45) is 0 Å². The summed E-state index contributed by atoms with van der Waals surface area (Å²) >= 11 is 7.70. The van der Waals surface area contributed by atoms with Crippen LogP contribution in [0.25, 0.3) is 11.3 Å². The van der Waals surface area contributed by atoms with Crippen LogP contribution in [0.5, 0.6) is 0 Å². The van der Waals surface area contributed by atoms with E-state index >= 15 is 0 Å². The molecule has 0 bridgehead atoms. The van der Waals surface area contributed by atoms with Crippen molar-refractivity contribution in [1.29, 1.82) is 0 Å². The second-order valence-electron chi connectivity index (χ2n) is 3.22. The first-order valence-corrected chi connectivity index (χ1v) is 5.61. The highest BCUT2D eigenvalue weighted by molar-refractivity contribution is 7.09. The number of halogens is 1. The van der Waals surface area contributed by atoms with Crippen LogP contribution in [0.4, 0.5) is 0 Å². The predicted molar refractivity (Wildman–Crippen MR) is 62.0 cm³/mol. The summed E-state index contributed by atoms with van der Waals surface area (Å²) in [6.45, 7) is 4.00. The maximum Gasteiger partial charge on any atom is 0.0901 e. The molecule has 2 aromatic rings. The third kappa shape index (κ3) is 1.81. The molecule has 0 saturated heterocycles. The third-order valence-corrected chi connectivity index (χ3v) is 3.27. The van der Waals surface area contributed by atoms with E-state index in [1.807, 2.05) is 26.0 Å². The SMILES string of the molecule is Cc1nc(-c2ccc(C)c(Cl)c2)cs1. The average molecular weight is 224 g/mol. The summed E-state index contributed by atoms with van der Waals surface area (Å²) < 4.78 is 0. The van der Waals surface area contributed by atoms with Crippen molar-refractivity contribution in [3.63, 3.8) is 0 Å². The van der Waals surface area contributed by atoms with Gasteiger partial charge in [0.05, 0.1) is 10.7 Å². The second-order valence-corrected chi connectivity index (χ2v) is 4.69. The highest BCUT2D eigenvalue weighted by Gasteiger charge is 2.03. The predicted octanol–water partition coefficient (Wildman–Crippen LogP) is 4.08. The fraction of sp³-hybridized carbons (Fsp3) is 0.182. The van der Waals surface area contributed by atoms with Crippen molar-refractivity contribution in [2.45, 2.75) is 13.8 Å². The van der Waals surface area contributed by atoms with Crippen LogP contribution in [-0.4, -0.2) is 4.98 Å². The summed E-state index contributed by atoms with van der Waals surface area (Å²) in [5.41, 5.74) is 3.20. The van der Waals surface area contributed by atoms with Crippen molar-refractivity contribution in [1.82, 2.24) is 4.98 Å². The molecular weight excluding hydrogens is 214 g/mol. The Morgan fingerprint density at radius 1 is 1.29 bits per heavy atom. The van der Waals surface area contributed by atoms with Crippen LogP contribution in [0.15, 0.2) is 23.6 Å². The van der Waals surface area contributed by atoms with Crippen LogP contribution < -0.4 is 0 Å². The minimum Gasteiger partial charge on any atom is -0.242 e. The van der Waals surface area contributed by atoms with Gasteiger partial charge in [0.2, 0.25) is 0 Å². The fourth-order valence-electron chi connectivity index (χ4n) is 1.25. The van der Waals surface area contributed by atoms with Gasteiger partial charge in [-0.05, 0) is 25.5 Å². The van der Waals surface area contributed by atoms with Gasteiger partial charge in [-0.1, -0.05) is 23.7 Å². The van der Waals surface area contributed by atoms with Crippen molar-refractivity contribution in [2.75, 3.05) is 0 Å².